The normalized spacial score (nSPS) is 15.8. The monoisotopic (exact) mass is 387 g/mol. The van der Waals surface area contributed by atoms with Crippen molar-refractivity contribution in [1.29, 1.82) is 0 Å². The van der Waals surface area contributed by atoms with Crippen LogP contribution in [0.25, 0.3) is 11.0 Å². The van der Waals surface area contributed by atoms with Gasteiger partial charge in [0.25, 0.3) is 5.91 Å². The van der Waals surface area contributed by atoms with Gasteiger partial charge in [0.2, 0.25) is 0 Å². The predicted octanol–water partition coefficient (Wildman–Crippen LogP) is 2.86. The summed E-state index contributed by atoms with van der Waals surface area (Å²) in [4.78, 5) is 35.6. The first-order valence-electron chi connectivity index (χ1n) is 9.59. The molecule has 1 amide bonds. The van der Waals surface area contributed by atoms with Crippen molar-refractivity contribution in [1.82, 2.24) is 5.32 Å². The molecule has 1 fully saturated rings. The minimum atomic E-state index is -0.879. The van der Waals surface area contributed by atoms with Crippen LogP contribution < -0.4 is 15.7 Å². The number of aryl methyl sites for hydroxylation is 1. The zero-order valence-corrected chi connectivity index (χ0v) is 16.2. The van der Waals surface area contributed by atoms with Gasteiger partial charge in [-0.15, -0.1) is 0 Å². The number of esters is 1. The van der Waals surface area contributed by atoms with E-state index in [9.17, 15) is 14.4 Å². The fourth-order valence-electron chi connectivity index (χ4n) is 3.39. The van der Waals surface area contributed by atoms with Crippen LogP contribution in [0.4, 0.5) is 0 Å². The summed E-state index contributed by atoms with van der Waals surface area (Å²) in [5.41, 5.74) is 0.741. The first-order valence-corrected chi connectivity index (χ1v) is 9.59. The summed E-state index contributed by atoms with van der Waals surface area (Å²) in [7, 11) is 0. The molecule has 2 aromatic rings. The lowest BCUT2D eigenvalue weighted by Crippen LogP contribution is -2.43. The standard InChI is InChI=1S/C21H25NO6/c1-13-10-19(23)28-18-11-16(8-9-17(13)18)26-12-20(24)27-14(2)21(25)22-15-6-4-3-5-7-15/h8-11,14-15H,3-7,12H2,1-2H3,(H,22,25)/t14-/m0/s1. The van der Waals surface area contributed by atoms with Crippen molar-refractivity contribution in [2.75, 3.05) is 6.61 Å². The number of amides is 1. The number of hydrogen-bond donors (Lipinski definition) is 1. The Bertz CT molecular complexity index is 913. The molecular formula is C21H25NO6. The van der Waals surface area contributed by atoms with Gasteiger partial charge in [0.05, 0.1) is 0 Å². The smallest absolute Gasteiger partial charge is 0.344 e. The van der Waals surface area contributed by atoms with E-state index in [0.717, 1.165) is 36.6 Å². The van der Waals surface area contributed by atoms with E-state index in [1.165, 1.54) is 12.5 Å². The minimum Gasteiger partial charge on any atom is -0.482 e. The summed E-state index contributed by atoms with van der Waals surface area (Å²) in [6.45, 7) is 3.02. The van der Waals surface area contributed by atoms with Gasteiger partial charge in [-0.2, -0.15) is 0 Å². The van der Waals surface area contributed by atoms with Crippen molar-refractivity contribution in [2.45, 2.75) is 58.1 Å². The number of nitrogens with one attached hydrogen (secondary N) is 1. The second-order valence-electron chi connectivity index (χ2n) is 7.17. The van der Waals surface area contributed by atoms with Crippen molar-refractivity contribution >= 4 is 22.8 Å². The Kier molecular flexibility index (Phi) is 6.34. The highest BCUT2D eigenvalue weighted by atomic mass is 16.6. The van der Waals surface area contributed by atoms with Gasteiger partial charge in [0.1, 0.15) is 11.3 Å². The van der Waals surface area contributed by atoms with Gasteiger partial charge in [-0.25, -0.2) is 9.59 Å². The van der Waals surface area contributed by atoms with E-state index in [-0.39, 0.29) is 18.6 Å². The number of benzene rings is 1. The molecule has 0 radical (unpaired) electrons. The number of carbonyl (C=O) groups is 2. The van der Waals surface area contributed by atoms with Crippen LogP contribution in [-0.4, -0.2) is 30.6 Å². The molecule has 1 aromatic heterocycles. The Balaban J connectivity index is 1.51. The minimum absolute atomic E-state index is 0.161. The van der Waals surface area contributed by atoms with Crippen molar-refractivity contribution in [3.8, 4) is 5.75 Å². The molecule has 0 bridgehead atoms. The molecule has 1 heterocycles. The summed E-state index contributed by atoms with van der Waals surface area (Å²) >= 11 is 0. The Morgan fingerprint density at radius 2 is 1.96 bits per heavy atom. The highest BCUT2D eigenvalue weighted by molar-refractivity contribution is 5.84. The summed E-state index contributed by atoms with van der Waals surface area (Å²) in [5, 5.41) is 3.72. The maximum atomic E-state index is 12.2. The van der Waals surface area contributed by atoms with E-state index in [1.54, 1.807) is 25.1 Å². The number of carbonyl (C=O) groups excluding carboxylic acids is 2. The van der Waals surface area contributed by atoms with E-state index in [0.29, 0.717) is 11.3 Å². The predicted molar refractivity (Wildman–Crippen MR) is 103 cm³/mol. The number of fused-ring (bicyclic) bond motifs is 1. The zero-order valence-electron chi connectivity index (χ0n) is 16.2. The Labute approximate surface area is 163 Å². The van der Waals surface area contributed by atoms with Gasteiger partial charge in [0, 0.05) is 23.6 Å². The van der Waals surface area contributed by atoms with Crippen LogP contribution in [0, 0.1) is 6.92 Å². The van der Waals surface area contributed by atoms with Crippen molar-refractivity contribution in [3.63, 3.8) is 0 Å². The lowest BCUT2D eigenvalue weighted by atomic mass is 9.95. The Morgan fingerprint density at radius 1 is 1.21 bits per heavy atom. The molecular weight excluding hydrogens is 362 g/mol. The van der Waals surface area contributed by atoms with Gasteiger partial charge in [-0.3, -0.25) is 4.79 Å². The van der Waals surface area contributed by atoms with Crippen LogP contribution >= 0.6 is 0 Å². The second-order valence-corrected chi connectivity index (χ2v) is 7.17. The first kappa shape index (κ1) is 19.9. The lowest BCUT2D eigenvalue weighted by Gasteiger charge is -2.24. The summed E-state index contributed by atoms with van der Waals surface area (Å²) < 4.78 is 15.7. The summed E-state index contributed by atoms with van der Waals surface area (Å²) in [6, 6.07) is 6.57. The molecule has 7 heteroatoms. The number of ether oxygens (including phenoxy) is 2. The highest BCUT2D eigenvalue weighted by Gasteiger charge is 2.22. The van der Waals surface area contributed by atoms with Crippen LogP contribution in [0.5, 0.6) is 5.75 Å². The van der Waals surface area contributed by atoms with E-state index >= 15 is 0 Å². The molecule has 1 aliphatic rings. The fraction of sp³-hybridized carbons (Fsp3) is 0.476. The molecule has 0 unspecified atom stereocenters. The van der Waals surface area contributed by atoms with Crippen LogP contribution in [0.2, 0.25) is 0 Å². The van der Waals surface area contributed by atoms with Crippen molar-refractivity contribution in [3.05, 3.63) is 40.2 Å². The van der Waals surface area contributed by atoms with Crippen LogP contribution in [0.15, 0.2) is 33.5 Å². The maximum absolute atomic E-state index is 12.2. The first-order chi connectivity index (χ1) is 13.4. The third-order valence-corrected chi connectivity index (χ3v) is 4.91. The molecule has 7 nitrogen and oxygen atoms in total. The van der Waals surface area contributed by atoms with Gasteiger partial charge < -0.3 is 19.2 Å². The largest absolute Gasteiger partial charge is 0.482 e. The van der Waals surface area contributed by atoms with E-state index in [4.69, 9.17) is 13.9 Å². The summed E-state index contributed by atoms with van der Waals surface area (Å²) in [6.07, 6.45) is 4.47. The molecule has 0 spiro atoms. The maximum Gasteiger partial charge on any atom is 0.344 e. The number of hydrogen-bond acceptors (Lipinski definition) is 6. The molecule has 28 heavy (non-hydrogen) atoms. The van der Waals surface area contributed by atoms with Crippen LogP contribution in [0.3, 0.4) is 0 Å². The fourth-order valence-corrected chi connectivity index (χ4v) is 3.39. The molecule has 0 saturated heterocycles. The van der Waals surface area contributed by atoms with E-state index in [2.05, 4.69) is 5.32 Å². The number of rotatable bonds is 6. The molecule has 1 aromatic carbocycles. The average molecular weight is 387 g/mol. The van der Waals surface area contributed by atoms with Crippen molar-refractivity contribution < 1.29 is 23.5 Å². The topological polar surface area (TPSA) is 94.8 Å². The lowest BCUT2D eigenvalue weighted by molar-refractivity contribution is -0.156. The third kappa shape index (κ3) is 5.12. The molecule has 150 valence electrons. The SMILES string of the molecule is Cc1cc(=O)oc2cc(OCC(=O)O[C@@H](C)C(=O)NC3CCCCC3)ccc12. The van der Waals surface area contributed by atoms with E-state index in [1.807, 2.05) is 6.92 Å². The van der Waals surface area contributed by atoms with Gasteiger partial charge in [-0.05, 0) is 44.4 Å². The molecule has 1 aliphatic carbocycles. The summed E-state index contributed by atoms with van der Waals surface area (Å²) in [5.74, 6) is -0.558. The molecule has 0 aliphatic heterocycles. The quantitative estimate of drug-likeness (QED) is 0.605. The molecule has 1 atom stereocenters. The second kappa shape index (κ2) is 8.91. The molecule has 3 rings (SSSR count). The van der Waals surface area contributed by atoms with Crippen LogP contribution in [-0.2, 0) is 14.3 Å². The van der Waals surface area contributed by atoms with Gasteiger partial charge >= 0.3 is 11.6 Å². The zero-order chi connectivity index (χ0) is 20.1. The van der Waals surface area contributed by atoms with Crippen molar-refractivity contribution in [2.24, 2.45) is 0 Å². The van der Waals surface area contributed by atoms with Crippen LogP contribution in [0.1, 0.15) is 44.6 Å². The highest BCUT2D eigenvalue weighted by Crippen LogP contribution is 2.22. The average Bonchev–Trinajstić information content (AvgIpc) is 2.66. The van der Waals surface area contributed by atoms with Gasteiger partial charge in [0.15, 0.2) is 12.7 Å². The molecule has 1 saturated carbocycles. The Morgan fingerprint density at radius 3 is 2.71 bits per heavy atom. The third-order valence-electron chi connectivity index (χ3n) is 4.91. The van der Waals surface area contributed by atoms with Gasteiger partial charge in [-0.1, -0.05) is 19.3 Å². The molecule has 1 N–H and O–H groups in total. The van der Waals surface area contributed by atoms with E-state index < -0.39 is 17.7 Å². The Hall–Kier alpha value is -2.83.